The number of ketones is 1. The van der Waals surface area contributed by atoms with Crippen LogP contribution >= 0.6 is 31.9 Å². The van der Waals surface area contributed by atoms with Crippen molar-refractivity contribution in [3.05, 3.63) is 31.6 Å². The van der Waals surface area contributed by atoms with Gasteiger partial charge in [0.25, 0.3) is 0 Å². The molecule has 3 rings (SSSR count). The maximum atomic E-state index is 12.2. The van der Waals surface area contributed by atoms with Crippen LogP contribution in [0.2, 0.25) is 0 Å². The van der Waals surface area contributed by atoms with E-state index in [1.54, 1.807) is 0 Å². The van der Waals surface area contributed by atoms with Crippen molar-refractivity contribution < 1.29 is 4.79 Å². The zero-order chi connectivity index (χ0) is 12.3. The zero-order valence-corrected chi connectivity index (χ0v) is 12.2. The van der Waals surface area contributed by atoms with E-state index in [2.05, 4.69) is 36.9 Å². The van der Waals surface area contributed by atoms with E-state index in [4.69, 9.17) is 5.73 Å². The van der Waals surface area contributed by atoms with Gasteiger partial charge in [-0.15, -0.1) is 0 Å². The highest BCUT2D eigenvalue weighted by molar-refractivity contribution is 9.12. The Labute approximate surface area is 115 Å². The van der Waals surface area contributed by atoms with Crippen LogP contribution in [-0.2, 0) is 13.5 Å². The van der Waals surface area contributed by atoms with Gasteiger partial charge in [0, 0.05) is 19.2 Å². The highest BCUT2D eigenvalue weighted by Crippen LogP contribution is 2.37. The number of aliphatic imine (C=N–C) groups is 1. The summed E-state index contributed by atoms with van der Waals surface area (Å²) < 4.78 is 3.41. The molecule has 1 aliphatic carbocycles. The maximum absolute atomic E-state index is 12.2. The highest BCUT2D eigenvalue weighted by atomic mass is 79.9. The van der Waals surface area contributed by atoms with Gasteiger partial charge in [-0.25, -0.2) is 0 Å². The molecule has 6 heteroatoms. The molecule has 4 nitrogen and oxygen atoms in total. The van der Waals surface area contributed by atoms with Crippen LogP contribution in [0.5, 0.6) is 0 Å². The molecule has 0 fully saturated rings. The lowest BCUT2D eigenvalue weighted by Crippen LogP contribution is -2.28. The van der Waals surface area contributed by atoms with E-state index < -0.39 is 0 Å². The highest BCUT2D eigenvalue weighted by Gasteiger charge is 2.36. The van der Waals surface area contributed by atoms with E-state index in [-0.39, 0.29) is 11.5 Å². The Bertz CT molecular complexity index is 625. The molecule has 0 radical (unpaired) electrons. The lowest BCUT2D eigenvalue weighted by Gasteiger charge is -2.20. The fourth-order valence-electron chi connectivity index (χ4n) is 2.36. The SMILES string of the molecule is Cn1c(Br)c2c3c1C(=O)C(N)=C(Br)C3=NCC2. The molecular formula is C11H9Br2N3O. The van der Waals surface area contributed by atoms with Crippen molar-refractivity contribution in [3.63, 3.8) is 0 Å². The second kappa shape index (κ2) is 3.55. The molecule has 0 amide bonds. The number of aromatic nitrogens is 1. The van der Waals surface area contributed by atoms with Crippen LogP contribution in [0.1, 0.15) is 21.6 Å². The molecule has 2 aliphatic rings. The van der Waals surface area contributed by atoms with Crippen LogP contribution in [0.4, 0.5) is 0 Å². The van der Waals surface area contributed by atoms with Gasteiger partial charge in [-0.1, -0.05) is 0 Å². The molecule has 1 aromatic rings. The Balaban J connectivity index is 2.44. The molecule has 2 heterocycles. The molecule has 2 N–H and O–H groups in total. The monoisotopic (exact) mass is 357 g/mol. The second-order valence-electron chi connectivity index (χ2n) is 4.09. The Morgan fingerprint density at radius 2 is 2.12 bits per heavy atom. The molecule has 0 bridgehead atoms. The molecule has 0 spiro atoms. The predicted molar refractivity (Wildman–Crippen MR) is 72.7 cm³/mol. The molecular weight excluding hydrogens is 350 g/mol. The lowest BCUT2D eigenvalue weighted by atomic mass is 9.92. The maximum Gasteiger partial charge on any atom is 0.226 e. The summed E-state index contributed by atoms with van der Waals surface area (Å²) in [6, 6.07) is 0. The van der Waals surface area contributed by atoms with Gasteiger partial charge in [0.2, 0.25) is 5.78 Å². The smallest absolute Gasteiger partial charge is 0.226 e. The number of carbonyl (C=O) groups excluding carboxylic acids is 1. The molecule has 1 aromatic heterocycles. The zero-order valence-electron chi connectivity index (χ0n) is 9.05. The molecule has 88 valence electrons. The summed E-state index contributed by atoms with van der Waals surface area (Å²) in [4.78, 5) is 16.7. The molecule has 0 saturated heterocycles. The quantitative estimate of drug-likeness (QED) is 0.769. The standard InChI is InChI=1S/C11H9Br2N3O/c1-16-9-5-4(11(16)13)2-3-15-8(5)6(12)7(14)10(9)17/h2-3,14H2,1H3. The number of rotatable bonds is 0. The molecule has 0 saturated carbocycles. The Hall–Kier alpha value is -0.880. The van der Waals surface area contributed by atoms with Crippen LogP contribution in [0.15, 0.2) is 19.8 Å². The first-order chi connectivity index (χ1) is 8.04. The third-order valence-corrected chi connectivity index (χ3v) is 5.00. The van der Waals surface area contributed by atoms with E-state index in [9.17, 15) is 4.79 Å². The average Bonchev–Trinajstić information content (AvgIpc) is 2.58. The van der Waals surface area contributed by atoms with Gasteiger partial charge in [0.1, 0.15) is 5.69 Å². The number of nitrogens with two attached hydrogens (primary N) is 1. The van der Waals surface area contributed by atoms with Crippen molar-refractivity contribution in [1.82, 2.24) is 4.57 Å². The van der Waals surface area contributed by atoms with E-state index in [1.807, 2.05) is 11.6 Å². The minimum absolute atomic E-state index is 0.137. The third kappa shape index (κ3) is 1.28. The van der Waals surface area contributed by atoms with Crippen molar-refractivity contribution in [2.24, 2.45) is 17.8 Å². The van der Waals surface area contributed by atoms with Crippen LogP contribution in [0, 0.1) is 0 Å². The van der Waals surface area contributed by atoms with Crippen LogP contribution in [0.25, 0.3) is 0 Å². The first kappa shape index (κ1) is 11.2. The summed E-state index contributed by atoms with van der Waals surface area (Å²) in [5.41, 5.74) is 9.57. The summed E-state index contributed by atoms with van der Waals surface area (Å²) in [6.45, 7) is 0.723. The number of allylic oxidation sites excluding steroid dienone is 2. The third-order valence-electron chi connectivity index (χ3n) is 3.19. The summed E-state index contributed by atoms with van der Waals surface area (Å²) in [5, 5.41) is 0. The molecule has 0 aromatic carbocycles. The van der Waals surface area contributed by atoms with E-state index in [1.165, 1.54) is 0 Å². The molecule has 1 aliphatic heterocycles. The van der Waals surface area contributed by atoms with Crippen molar-refractivity contribution in [2.75, 3.05) is 6.54 Å². The fourth-order valence-corrected chi connectivity index (χ4v) is 3.43. The van der Waals surface area contributed by atoms with Crippen LogP contribution in [-0.4, -0.2) is 22.6 Å². The number of Topliss-reactive ketones (excluding diaryl/α,β-unsaturated/α-hetero) is 1. The van der Waals surface area contributed by atoms with E-state index in [0.717, 1.165) is 34.4 Å². The minimum atomic E-state index is -0.137. The normalized spacial score (nSPS) is 18.3. The van der Waals surface area contributed by atoms with Gasteiger partial charge in [0.05, 0.1) is 20.5 Å². The minimum Gasteiger partial charge on any atom is -0.395 e. The number of nitrogens with zero attached hydrogens (tertiary/aromatic N) is 2. The first-order valence-electron chi connectivity index (χ1n) is 5.16. The predicted octanol–water partition coefficient (Wildman–Crippen LogP) is 1.89. The summed E-state index contributed by atoms with van der Waals surface area (Å²) in [5.74, 6) is -0.137. The number of carbonyl (C=O) groups is 1. The molecule has 0 unspecified atom stereocenters. The van der Waals surface area contributed by atoms with Gasteiger partial charge in [0.15, 0.2) is 0 Å². The van der Waals surface area contributed by atoms with Gasteiger partial charge < -0.3 is 10.3 Å². The van der Waals surface area contributed by atoms with Gasteiger partial charge in [-0.3, -0.25) is 9.79 Å². The summed E-state index contributed by atoms with van der Waals surface area (Å²) in [7, 11) is 1.86. The van der Waals surface area contributed by atoms with Gasteiger partial charge in [-0.05, 0) is 43.8 Å². The second-order valence-corrected chi connectivity index (χ2v) is 5.63. The van der Waals surface area contributed by atoms with E-state index in [0.29, 0.717) is 10.2 Å². The van der Waals surface area contributed by atoms with Crippen molar-refractivity contribution >= 4 is 43.4 Å². The number of hydrogen-bond donors (Lipinski definition) is 1. The van der Waals surface area contributed by atoms with Crippen molar-refractivity contribution in [2.45, 2.75) is 6.42 Å². The Morgan fingerprint density at radius 3 is 2.82 bits per heavy atom. The van der Waals surface area contributed by atoms with Crippen molar-refractivity contribution in [1.29, 1.82) is 0 Å². The summed E-state index contributed by atoms with van der Waals surface area (Å²) in [6.07, 6.45) is 0.848. The average molecular weight is 359 g/mol. The lowest BCUT2D eigenvalue weighted by molar-refractivity contribution is 0.102. The Kier molecular flexibility index (Phi) is 2.35. The molecule has 0 atom stereocenters. The Morgan fingerprint density at radius 1 is 1.41 bits per heavy atom. The topological polar surface area (TPSA) is 60.4 Å². The van der Waals surface area contributed by atoms with Gasteiger partial charge in [-0.2, -0.15) is 0 Å². The van der Waals surface area contributed by atoms with Crippen LogP contribution in [0.3, 0.4) is 0 Å². The van der Waals surface area contributed by atoms with E-state index >= 15 is 0 Å². The van der Waals surface area contributed by atoms with Crippen molar-refractivity contribution in [3.8, 4) is 0 Å². The number of halogens is 2. The fraction of sp³-hybridized carbons (Fsp3) is 0.273. The van der Waals surface area contributed by atoms with Gasteiger partial charge >= 0.3 is 0 Å². The van der Waals surface area contributed by atoms with Crippen LogP contribution < -0.4 is 5.73 Å². The largest absolute Gasteiger partial charge is 0.395 e. The summed E-state index contributed by atoms with van der Waals surface area (Å²) >= 11 is 6.90. The first-order valence-corrected chi connectivity index (χ1v) is 6.74. The molecule has 17 heavy (non-hydrogen) atoms. The number of hydrogen-bond acceptors (Lipinski definition) is 3.